The molecule has 0 fully saturated rings. The molecule has 3 rings (SSSR count). The number of nitrogens with zero attached hydrogens (tertiary/aromatic N) is 2. The van der Waals surface area contributed by atoms with E-state index in [0.717, 1.165) is 15.9 Å². The Morgan fingerprint density at radius 2 is 1.62 bits per heavy atom. The summed E-state index contributed by atoms with van der Waals surface area (Å²) in [5, 5.41) is 2.51. The quantitative estimate of drug-likeness (QED) is 0.400. The summed E-state index contributed by atoms with van der Waals surface area (Å²) in [6.45, 7) is 1.10. The van der Waals surface area contributed by atoms with Gasteiger partial charge in [0.25, 0.3) is 10.0 Å². The van der Waals surface area contributed by atoms with Crippen molar-refractivity contribution in [2.45, 2.75) is 11.8 Å². The summed E-state index contributed by atoms with van der Waals surface area (Å²) in [4.78, 5) is 12.6. The Morgan fingerprint density at radius 1 is 0.973 bits per heavy atom. The molecule has 3 aromatic rings. The van der Waals surface area contributed by atoms with Crippen LogP contribution in [0.4, 0.5) is 21.5 Å². The molecule has 0 atom stereocenters. The highest BCUT2D eigenvalue weighted by molar-refractivity contribution is 7.92. The first kappa shape index (κ1) is 27.9. The Hall–Kier alpha value is -3.68. The van der Waals surface area contributed by atoms with Gasteiger partial charge in [0.15, 0.2) is 0 Å². The van der Waals surface area contributed by atoms with Crippen molar-refractivity contribution in [3.63, 3.8) is 0 Å². The summed E-state index contributed by atoms with van der Waals surface area (Å²) in [5.41, 5.74) is 1.03. The van der Waals surface area contributed by atoms with Gasteiger partial charge < -0.3 is 10.1 Å². The number of ether oxygens (including phenoxy) is 1. The first-order valence-electron chi connectivity index (χ1n) is 10.9. The van der Waals surface area contributed by atoms with Crippen molar-refractivity contribution < 1.29 is 30.8 Å². The minimum absolute atomic E-state index is 0.0720. The van der Waals surface area contributed by atoms with Crippen molar-refractivity contribution in [2.24, 2.45) is 0 Å². The first-order valence-corrected chi connectivity index (χ1v) is 13.8. The molecular formula is C24H27FN4O6S2. The van der Waals surface area contributed by atoms with Gasteiger partial charge in [-0.3, -0.25) is 9.52 Å². The number of halogens is 1. The molecule has 0 radical (unpaired) electrons. The zero-order valence-electron chi connectivity index (χ0n) is 20.6. The lowest BCUT2D eigenvalue weighted by atomic mass is 10.2. The van der Waals surface area contributed by atoms with Crippen LogP contribution in [-0.4, -0.2) is 54.8 Å². The second kappa shape index (κ2) is 11.2. The molecule has 0 saturated carbocycles. The smallest absolute Gasteiger partial charge is 0.304 e. The van der Waals surface area contributed by atoms with Gasteiger partial charge >= 0.3 is 10.2 Å². The molecule has 0 aliphatic carbocycles. The third-order valence-electron chi connectivity index (χ3n) is 5.20. The summed E-state index contributed by atoms with van der Waals surface area (Å²) in [6.07, 6.45) is 0. The molecule has 0 spiro atoms. The van der Waals surface area contributed by atoms with E-state index >= 15 is 0 Å². The van der Waals surface area contributed by atoms with E-state index in [0.29, 0.717) is 10.1 Å². The van der Waals surface area contributed by atoms with E-state index in [1.807, 2.05) is 6.92 Å². The van der Waals surface area contributed by atoms with E-state index < -0.39 is 38.5 Å². The molecule has 37 heavy (non-hydrogen) atoms. The number of carbonyl (C=O) groups excluding carboxylic acids is 1. The first-order chi connectivity index (χ1) is 17.3. The van der Waals surface area contributed by atoms with Crippen molar-refractivity contribution in [1.29, 1.82) is 0 Å². The van der Waals surface area contributed by atoms with Gasteiger partial charge in [0.05, 0.1) is 23.4 Å². The molecule has 10 nitrogen and oxygen atoms in total. The molecule has 0 unspecified atom stereocenters. The van der Waals surface area contributed by atoms with E-state index in [2.05, 4.69) is 10.0 Å². The summed E-state index contributed by atoms with van der Waals surface area (Å²) in [7, 11) is -4.22. The molecule has 13 heteroatoms. The summed E-state index contributed by atoms with van der Waals surface area (Å²) < 4.78 is 74.8. The number of carbonyl (C=O) groups is 1. The van der Waals surface area contributed by atoms with Crippen LogP contribution in [0.5, 0.6) is 5.75 Å². The lowest BCUT2D eigenvalue weighted by Gasteiger charge is -2.27. The standard InChI is InChI=1S/C24H27FN4O6S2/c1-17-9-14-23(35-4)21(15-17)27-36(31,32)19-12-10-18(11-13-19)26-24(30)16-29(37(33,34)28(2)3)22-8-6-5-7-20(22)25/h5-15,27H,16H2,1-4H3,(H,26,30). The van der Waals surface area contributed by atoms with Gasteiger partial charge in [-0.25, -0.2) is 17.1 Å². The van der Waals surface area contributed by atoms with E-state index in [1.165, 1.54) is 63.7 Å². The molecule has 3 aromatic carbocycles. The van der Waals surface area contributed by atoms with E-state index in [9.17, 15) is 26.0 Å². The molecule has 1 amide bonds. The van der Waals surface area contributed by atoms with Gasteiger partial charge in [-0.15, -0.1) is 0 Å². The number of nitrogens with one attached hydrogen (secondary N) is 2. The fourth-order valence-corrected chi connectivity index (χ4v) is 5.43. The second-order valence-electron chi connectivity index (χ2n) is 8.13. The fraction of sp³-hybridized carbons (Fsp3) is 0.208. The SMILES string of the molecule is COc1ccc(C)cc1NS(=O)(=O)c1ccc(NC(=O)CN(c2ccccc2F)S(=O)(=O)N(C)C)cc1. The highest BCUT2D eigenvalue weighted by Gasteiger charge is 2.29. The predicted octanol–water partition coefficient (Wildman–Crippen LogP) is 3.20. The van der Waals surface area contributed by atoms with Crippen molar-refractivity contribution in [2.75, 3.05) is 42.1 Å². The zero-order chi connectivity index (χ0) is 27.4. The molecule has 0 aromatic heterocycles. The number of hydrogen-bond acceptors (Lipinski definition) is 6. The molecule has 0 saturated heterocycles. The van der Waals surface area contributed by atoms with Crippen LogP contribution in [0.25, 0.3) is 0 Å². The maximum atomic E-state index is 14.4. The van der Waals surface area contributed by atoms with E-state index in [1.54, 1.807) is 18.2 Å². The van der Waals surface area contributed by atoms with E-state index in [4.69, 9.17) is 4.74 Å². The normalized spacial score (nSPS) is 11.7. The molecule has 0 bridgehead atoms. The van der Waals surface area contributed by atoms with Gasteiger partial charge in [0, 0.05) is 19.8 Å². The van der Waals surface area contributed by atoms with Gasteiger partial charge in [0.2, 0.25) is 5.91 Å². The van der Waals surface area contributed by atoms with Gasteiger partial charge in [-0.05, 0) is 61.0 Å². The number of methoxy groups -OCH3 is 1. The highest BCUT2D eigenvalue weighted by atomic mass is 32.2. The van der Waals surface area contributed by atoms with Gasteiger partial charge in [-0.1, -0.05) is 18.2 Å². The minimum Gasteiger partial charge on any atom is -0.495 e. The number of amides is 1. The van der Waals surface area contributed by atoms with Crippen molar-refractivity contribution in [3.05, 3.63) is 78.1 Å². The zero-order valence-corrected chi connectivity index (χ0v) is 22.2. The van der Waals surface area contributed by atoms with E-state index in [-0.39, 0.29) is 22.0 Å². The van der Waals surface area contributed by atoms with Gasteiger partial charge in [-0.2, -0.15) is 12.7 Å². The van der Waals surface area contributed by atoms with Crippen LogP contribution in [-0.2, 0) is 25.0 Å². The summed E-state index contributed by atoms with van der Waals surface area (Å²) in [6, 6.07) is 15.5. The Kier molecular flexibility index (Phi) is 8.41. The fourth-order valence-electron chi connectivity index (χ4n) is 3.30. The molecule has 0 aliphatic rings. The Balaban J connectivity index is 1.78. The lowest BCUT2D eigenvalue weighted by molar-refractivity contribution is -0.114. The third kappa shape index (κ3) is 6.56. The predicted molar refractivity (Wildman–Crippen MR) is 140 cm³/mol. The van der Waals surface area contributed by atoms with Crippen molar-refractivity contribution in [3.8, 4) is 5.75 Å². The molecule has 0 aliphatic heterocycles. The van der Waals surface area contributed by atoms with Crippen LogP contribution < -0.4 is 19.1 Å². The Labute approximate surface area is 215 Å². The second-order valence-corrected chi connectivity index (χ2v) is 11.9. The van der Waals surface area contributed by atoms with Crippen molar-refractivity contribution in [1.82, 2.24) is 4.31 Å². The Morgan fingerprint density at radius 3 is 2.22 bits per heavy atom. The number of hydrogen-bond donors (Lipinski definition) is 2. The van der Waals surface area contributed by atoms with Crippen LogP contribution in [0.2, 0.25) is 0 Å². The largest absolute Gasteiger partial charge is 0.495 e. The number of sulfonamides is 1. The lowest BCUT2D eigenvalue weighted by Crippen LogP contribution is -2.44. The number of rotatable bonds is 10. The van der Waals surface area contributed by atoms with Crippen LogP contribution in [0.15, 0.2) is 71.6 Å². The van der Waals surface area contributed by atoms with Crippen LogP contribution in [0.3, 0.4) is 0 Å². The van der Waals surface area contributed by atoms with Crippen LogP contribution in [0, 0.1) is 12.7 Å². The Bertz CT molecular complexity index is 1490. The summed E-state index contributed by atoms with van der Waals surface area (Å²) in [5.74, 6) is -1.22. The number of aryl methyl sites for hydroxylation is 1. The number of para-hydroxylation sites is 1. The monoisotopic (exact) mass is 550 g/mol. The average Bonchev–Trinajstić information content (AvgIpc) is 2.83. The molecule has 0 heterocycles. The number of anilines is 3. The summed E-state index contributed by atoms with van der Waals surface area (Å²) >= 11 is 0. The maximum absolute atomic E-state index is 14.4. The average molecular weight is 551 g/mol. The minimum atomic E-state index is -4.20. The molecule has 198 valence electrons. The van der Waals surface area contributed by atoms with Crippen molar-refractivity contribution >= 4 is 43.2 Å². The van der Waals surface area contributed by atoms with Gasteiger partial charge in [0.1, 0.15) is 18.1 Å². The maximum Gasteiger partial charge on any atom is 0.304 e. The molecular weight excluding hydrogens is 523 g/mol. The highest BCUT2D eigenvalue weighted by Crippen LogP contribution is 2.28. The van der Waals surface area contributed by atoms with Crippen LogP contribution >= 0.6 is 0 Å². The number of benzene rings is 3. The third-order valence-corrected chi connectivity index (χ3v) is 8.38. The van der Waals surface area contributed by atoms with Crippen LogP contribution in [0.1, 0.15) is 5.56 Å². The molecule has 2 N–H and O–H groups in total. The topological polar surface area (TPSA) is 125 Å².